The van der Waals surface area contributed by atoms with Crippen LogP contribution in [0.4, 0.5) is 4.39 Å². The molecule has 1 heterocycles. The van der Waals surface area contributed by atoms with Crippen LogP contribution in [0.25, 0.3) is 11.3 Å². The smallest absolute Gasteiger partial charge is 0.266 e. The van der Waals surface area contributed by atoms with Gasteiger partial charge in [0.15, 0.2) is 18.2 Å². The van der Waals surface area contributed by atoms with Crippen LogP contribution in [-0.2, 0) is 11.3 Å². The number of methoxy groups -OCH3 is 1. The molecular formula is C21H20FN3O4. The highest BCUT2D eigenvalue weighted by Gasteiger charge is 2.08. The first-order valence-electron chi connectivity index (χ1n) is 8.93. The van der Waals surface area contributed by atoms with Crippen LogP contribution in [0.3, 0.4) is 0 Å². The molecule has 0 saturated heterocycles. The van der Waals surface area contributed by atoms with Gasteiger partial charge < -0.3 is 14.8 Å². The van der Waals surface area contributed by atoms with E-state index in [4.69, 9.17) is 9.47 Å². The van der Waals surface area contributed by atoms with E-state index in [2.05, 4.69) is 10.4 Å². The number of hydrogen-bond acceptors (Lipinski definition) is 5. The summed E-state index contributed by atoms with van der Waals surface area (Å²) in [6, 6.07) is 16.2. The summed E-state index contributed by atoms with van der Waals surface area (Å²) in [5, 5.41) is 6.96. The minimum Gasteiger partial charge on any atom is -0.497 e. The number of carbonyl (C=O) groups excluding carboxylic acids is 1. The lowest BCUT2D eigenvalue weighted by Gasteiger charge is -2.10. The second kappa shape index (κ2) is 9.50. The van der Waals surface area contributed by atoms with Crippen molar-refractivity contribution in [1.82, 2.24) is 15.1 Å². The average Bonchev–Trinajstić information content (AvgIpc) is 2.74. The van der Waals surface area contributed by atoms with E-state index in [0.717, 1.165) is 5.56 Å². The Kier molecular flexibility index (Phi) is 6.57. The number of amides is 1. The Labute approximate surface area is 166 Å². The van der Waals surface area contributed by atoms with E-state index in [1.54, 1.807) is 19.2 Å². The number of aromatic nitrogens is 2. The Balaban J connectivity index is 1.57. The molecule has 0 atom stereocenters. The molecule has 0 aliphatic rings. The zero-order valence-corrected chi connectivity index (χ0v) is 15.8. The number of nitrogens with zero attached hydrogens (tertiary/aromatic N) is 2. The van der Waals surface area contributed by atoms with Crippen molar-refractivity contribution in [2.45, 2.75) is 6.54 Å². The summed E-state index contributed by atoms with van der Waals surface area (Å²) in [5.74, 6) is -0.272. The summed E-state index contributed by atoms with van der Waals surface area (Å²) in [6.07, 6.45) is 0. The second-order valence-electron chi connectivity index (χ2n) is 6.08. The van der Waals surface area contributed by atoms with Crippen LogP contribution in [-0.4, -0.2) is 35.9 Å². The van der Waals surface area contributed by atoms with Gasteiger partial charge in [0.25, 0.3) is 11.5 Å². The van der Waals surface area contributed by atoms with Crippen molar-refractivity contribution in [3.05, 3.63) is 76.8 Å². The second-order valence-corrected chi connectivity index (χ2v) is 6.08. The van der Waals surface area contributed by atoms with Crippen molar-refractivity contribution in [2.24, 2.45) is 0 Å². The summed E-state index contributed by atoms with van der Waals surface area (Å²) in [7, 11) is 1.58. The van der Waals surface area contributed by atoms with Gasteiger partial charge in [0, 0.05) is 18.2 Å². The van der Waals surface area contributed by atoms with E-state index in [-0.39, 0.29) is 31.0 Å². The van der Waals surface area contributed by atoms with Crippen LogP contribution in [0.2, 0.25) is 0 Å². The SMILES string of the molecule is COc1cccc(-c2ccc(=O)n(CCNC(=O)COc3ccccc3F)n2)c1. The number of nitrogens with one attached hydrogen (secondary N) is 1. The molecule has 0 saturated carbocycles. The molecule has 1 aromatic heterocycles. The van der Waals surface area contributed by atoms with Crippen LogP contribution in [0.15, 0.2) is 65.5 Å². The number of halogens is 1. The summed E-state index contributed by atoms with van der Waals surface area (Å²) in [4.78, 5) is 23.9. The number of para-hydroxylation sites is 1. The van der Waals surface area contributed by atoms with Gasteiger partial charge in [-0.15, -0.1) is 0 Å². The predicted octanol–water partition coefficient (Wildman–Crippen LogP) is 2.25. The highest BCUT2D eigenvalue weighted by molar-refractivity contribution is 5.77. The van der Waals surface area contributed by atoms with E-state index >= 15 is 0 Å². The fraction of sp³-hybridized carbons (Fsp3) is 0.190. The van der Waals surface area contributed by atoms with Gasteiger partial charge in [-0.3, -0.25) is 9.59 Å². The maximum atomic E-state index is 13.5. The number of ether oxygens (including phenoxy) is 2. The van der Waals surface area contributed by atoms with Gasteiger partial charge in [-0.2, -0.15) is 5.10 Å². The molecule has 0 aliphatic heterocycles. The van der Waals surface area contributed by atoms with E-state index in [1.807, 2.05) is 24.3 Å². The highest BCUT2D eigenvalue weighted by atomic mass is 19.1. The number of carbonyl (C=O) groups is 1. The van der Waals surface area contributed by atoms with Crippen molar-refractivity contribution in [3.63, 3.8) is 0 Å². The molecule has 7 nitrogen and oxygen atoms in total. The third kappa shape index (κ3) is 5.41. The molecule has 0 aliphatic carbocycles. The van der Waals surface area contributed by atoms with Gasteiger partial charge >= 0.3 is 0 Å². The molecule has 29 heavy (non-hydrogen) atoms. The fourth-order valence-electron chi connectivity index (χ4n) is 2.60. The Hall–Kier alpha value is -3.68. The Morgan fingerprint density at radius 2 is 1.97 bits per heavy atom. The normalized spacial score (nSPS) is 10.4. The van der Waals surface area contributed by atoms with Gasteiger partial charge in [0.2, 0.25) is 0 Å². The maximum absolute atomic E-state index is 13.5. The molecular weight excluding hydrogens is 377 g/mol. The van der Waals surface area contributed by atoms with E-state index in [1.165, 1.54) is 28.9 Å². The summed E-state index contributed by atoms with van der Waals surface area (Å²) in [5.41, 5.74) is 1.13. The van der Waals surface area contributed by atoms with E-state index < -0.39 is 11.7 Å². The topological polar surface area (TPSA) is 82.5 Å². The first-order valence-corrected chi connectivity index (χ1v) is 8.93. The van der Waals surface area contributed by atoms with Gasteiger partial charge in [-0.25, -0.2) is 9.07 Å². The van der Waals surface area contributed by atoms with Crippen molar-refractivity contribution in [1.29, 1.82) is 0 Å². The van der Waals surface area contributed by atoms with E-state index in [0.29, 0.717) is 11.4 Å². The number of hydrogen-bond donors (Lipinski definition) is 1. The lowest BCUT2D eigenvalue weighted by atomic mass is 10.1. The fourth-order valence-corrected chi connectivity index (χ4v) is 2.60. The van der Waals surface area contributed by atoms with Gasteiger partial charge in [-0.05, 0) is 30.3 Å². The molecule has 0 radical (unpaired) electrons. The molecule has 0 bridgehead atoms. The summed E-state index contributed by atoms with van der Waals surface area (Å²) in [6.45, 7) is 0.0309. The molecule has 150 valence electrons. The first kappa shape index (κ1) is 20.1. The highest BCUT2D eigenvalue weighted by Crippen LogP contribution is 2.21. The molecule has 3 rings (SSSR count). The summed E-state index contributed by atoms with van der Waals surface area (Å²) >= 11 is 0. The van der Waals surface area contributed by atoms with Crippen molar-refractivity contribution in [2.75, 3.05) is 20.3 Å². The average molecular weight is 397 g/mol. The zero-order chi connectivity index (χ0) is 20.6. The van der Waals surface area contributed by atoms with Gasteiger partial charge in [0.05, 0.1) is 19.3 Å². The predicted molar refractivity (Wildman–Crippen MR) is 105 cm³/mol. The van der Waals surface area contributed by atoms with Crippen LogP contribution >= 0.6 is 0 Å². The zero-order valence-electron chi connectivity index (χ0n) is 15.8. The maximum Gasteiger partial charge on any atom is 0.266 e. The van der Waals surface area contributed by atoms with Crippen LogP contribution < -0.4 is 20.3 Å². The lowest BCUT2D eigenvalue weighted by molar-refractivity contribution is -0.123. The standard InChI is InChI=1S/C21H20FN3O4/c1-28-16-6-4-5-15(13-16)18-9-10-21(27)25(24-18)12-11-23-20(26)14-29-19-8-3-2-7-17(19)22/h2-10,13H,11-12,14H2,1H3,(H,23,26). The van der Waals surface area contributed by atoms with E-state index in [9.17, 15) is 14.0 Å². The number of rotatable bonds is 8. The Morgan fingerprint density at radius 3 is 2.76 bits per heavy atom. The third-order valence-corrected chi connectivity index (χ3v) is 4.07. The molecule has 0 unspecified atom stereocenters. The molecule has 2 aromatic carbocycles. The Morgan fingerprint density at radius 1 is 1.14 bits per heavy atom. The molecule has 0 spiro atoms. The van der Waals surface area contributed by atoms with Gasteiger partial charge in [0.1, 0.15) is 5.75 Å². The van der Waals surface area contributed by atoms with Crippen LogP contribution in [0, 0.1) is 5.82 Å². The monoisotopic (exact) mass is 397 g/mol. The van der Waals surface area contributed by atoms with Crippen LogP contribution in [0.5, 0.6) is 11.5 Å². The minimum absolute atomic E-state index is 0.00604. The minimum atomic E-state index is -0.537. The quantitative estimate of drug-likeness (QED) is 0.631. The first-order chi connectivity index (χ1) is 14.1. The number of benzene rings is 2. The molecule has 1 amide bonds. The van der Waals surface area contributed by atoms with Crippen molar-refractivity contribution < 1.29 is 18.7 Å². The molecule has 3 aromatic rings. The Bertz CT molecular complexity index is 1050. The van der Waals surface area contributed by atoms with Crippen molar-refractivity contribution >= 4 is 5.91 Å². The molecule has 1 N–H and O–H groups in total. The van der Waals surface area contributed by atoms with Gasteiger partial charge in [-0.1, -0.05) is 24.3 Å². The lowest BCUT2D eigenvalue weighted by Crippen LogP contribution is -2.34. The van der Waals surface area contributed by atoms with Crippen LogP contribution in [0.1, 0.15) is 0 Å². The molecule has 0 fully saturated rings. The summed E-state index contributed by atoms with van der Waals surface area (Å²) < 4.78 is 25.1. The molecule has 8 heteroatoms. The third-order valence-electron chi connectivity index (χ3n) is 4.07. The van der Waals surface area contributed by atoms with Crippen molar-refractivity contribution in [3.8, 4) is 22.8 Å². The largest absolute Gasteiger partial charge is 0.497 e.